The van der Waals surface area contributed by atoms with Crippen LogP contribution in [0, 0.1) is 0 Å². The Labute approximate surface area is 123 Å². The third-order valence-electron chi connectivity index (χ3n) is 3.45. The number of nitrogens with one attached hydrogen (secondary N) is 1. The number of hydrogen-bond acceptors (Lipinski definition) is 6. The normalized spacial score (nSPS) is 24.4. The van der Waals surface area contributed by atoms with Crippen LogP contribution in [0.15, 0.2) is 16.3 Å². The van der Waals surface area contributed by atoms with Gasteiger partial charge in [0.2, 0.25) is 10.0 Å². The maximum absolute atomic E-state index is 12.7. The second kappa shape index (κ2) is 6.50. The molecule has 0 spiro atoms. The van der Waals surface area contributed by atoms with E-state index in [1.54, 1.807) is 32.7 Å². The zero-order chi connectivity index (χ0) is 14.8. The monoisotopic (exact) mass is 320 g/mol. The summed E-state index contributed by atoms with van der Waals surface area (Å²) in [5, 5.41) is 4.79. The maximum Gasteiger partial charge on any atom is 0.244 e. The van der Waals surface area contributed by atoms with Crippen molar-refractivity contribution in [1.29, 1.82) is 0 Å². The number of ether oxygens (including phenoxy) is 2. The summed E-state index contributed by atoms with van der Waals surface area (Å²) in [5.74, 6) is 0. The van der Waals surface area contributed by atoms with Gasteiger partial charge in [-0.2, -0.15) is 4.31 Å². The molecule has 2 unspecified atom stereocenters. The van der Waals surface area contributed by atoms with Crippen molar-refractivity contribution >= 4 is 21.4 Å². The molecule has 0 radical (unpaired) electrons. The fourth-order valence-electron chi connectivity index (χ4n) is 2.35. The molecular weight excluding hydrogens is 300 g/mol. The van der Waals surface area contributed by atoms with Crippen molar-refractivity contribution in [3.8, 4) is 0 Å². The first-order valence-electron chi connectivity index (χ1n) is 6.31. The Morgan fingerprint density at radius 3 is 2.45 bits per heavy atom. The van der Waals surface area contributed by atoms with Crippen molar-refractivity contribution in [2.24, 2.45) is 0 Å². The maximum atomic E-state index is 12.7. The molecular formula is C12H20N2O4S2. The second-order valence-corrected chi connectivity index (χ2v) is 7.52. The zero-order valence-corrected chi connectivity index (χ0v) is 13.5. The van der Waals surface area contributed by atoms with Crippen LogP contribution >= 0.6 is 11.3 Å². The smallest absolute Gasteiger partial charge is 0.244 e. The number of rotatable bonds is 6. The molecule has 0 amide bonds. The topological polar surface area (TPSA) is 67.9 Å². The fourth-order valence-corrected chi connectivity index (χ4v) is 5.24. The second-order valence-electron chi connectivity index (χ2n) is 4.61. The van der Waals surface area contributed by atoms with Crippen molar-refractivity contribution in [3.05, 3.63) is 16.3 Å². The predicted molar refractivity (Wildman–Crippen MR) is 77.4 cm³/mol. The molecule has 0 aliphatic carbocycles. The van der Waals surface area contributed by atoms with Gasteiger partial charge in [-0.05, 0) is 18.5 Å². The van der Waals surface area contributed by atoms with Crippen LogP contribution in [0.5, 0.6) is 0 Å². The van der Waals surface area contributed by atoms with Crippen LogP contribution in [0.2, 0.25) is 0 Å². The molecule has 2 rings (SSSR count). The van der Waals surface area contributed by atoms with Crippen molar-refractivity contribution in [1.82, 2.24) is 9.62 Å². The van der Waals surface area contributed by atoms with Gasteiger partial charge < -0.3 is 14.8 Å². The van der Waals surface area contributed by atoms with Crippen molar-refractivity contribution in [3.63, 3.8) is 0 Å². The lowest BCUT2D eigenvalue weighted by Gasteiger charge is -2.16. The molecule has 1 aromatic heterocycles. The van der Waals surface area contributed by atoms with E-state index in [2.05, 4.69) is 5.32 Å². The van der Waals surface area contributed by atoms with Crippen molar-refractivity contribution < 1.29 is 17.9 Å². The molecule has 1 N–H and O–H groups in total. The lowest BCUT2D eigenvalue weighted by Crippen LogP contribution is -2.30. The lowest BCUT2D eigenvalue weighted by atomic mass is 10.3. The summed E-state index contributed by atoms with van der Waals surface area (Å²) < 4.78 is 37.4. The minimum absolute atomic E-state index is 0.221. The first-order valence-corrected chi connectivity index (χ1v) is 8.63. The van der Waals surface area contributed by atoms with Crippen molar-refractivity contribution in [2.75, 3.05) is 34.4 Å². The Kier molecular flexibility index (Phi) is 5.16. The van der Waals surface area contributed by atoms with E-state index in [4.69, 9.17) is 9.47 Å². The molecule has 114 valence electrons. The summed E-state index contributed by atoms with van der Waals surface area (Å²) in [6.45, 7) is 1.19. The molecule has 20 heavy (non-hydrogen) atoms. The van der Waals surface area contributed by atoms with Gasteiger partial charge in [-0.25, -0.2) is 8.42 Å². The highest BCUT2D eigenvalue weighted by molar-refractivity contribution is 7.89. The minimum atomic E-state index is -3.49. The average molecular weight is 320 g/mol. The van der Waals surface area contributed by atoms with E-state index in [0.29, 0.717) is 24.5 Å². The molecule has 2 heterocycles. The molecule has 0 saturated carbocycles. The van der Waals surface area contributed by atoms with Gasteiger partial charge in [0.25, 0.3) is 0 Å². The molecule has 0 aromatic carbocycles. The van der Waals surface area contributed by atoms with Gasteiger partial charge in [0, 0.05) is 38.7 Å². The highest BCUT2D eigenvalue weighted by Gasteiger charge is 2.40. The van der Waals surface area contributed by atoms with E-state index < -0.39 is 10.0 Å². The van der Waals surface area contributed by atoms with Gasteiger partial charge in [0.15, 0.2) is 0 Å². The van der Waals surface area contributed by atoms with E-state index in [1.165, 1.54) is 15.6 Å². The number of sulfonamides is 1. The highest BCUT2D eigenvalue weighted by atomic mass is 32.2. The SMILES string of the molecule is CNCc1sccc1S(=O)(=O)N1CC(OC)C(OC)C1. The van der Waals surface area contributed by atoms with Gasteiger partial charge in [0.05, 0.1) is 17.1 Å². The Bertz CT molecular complexity index is 531. The van der Waals surface area contributed by atoms with Gasteiger partial charge in [0.1, 0.15) is 0 Å². The average Bonchev–Trinajstić information content (AvgIpc) is 3.05. The summed E-state index contributed by atoms with van der Waals surface area (Å²) in [5.41, 5.74) is 0. The van der Waals surface area contributed by atoms with E-state index in [0.717, 1.165) is 4.88 Å². The quantitative estimate of drug-likeness (QED) is 0.827. The van der Waals surface area contributed by atoms with E-state index in [-0.39, 0.29) is 12.2 Å². The largest absolute Gasteiger partial charge is 0.377 e. The van der Waals surface area contributed by atoms with Gasteiger partial charge >= 0.3 is 0 Å². The van der Waals surface area contributed by atoms with Crippen LogP contribution in [-0.4, -0.2) is 59.3 Å². The molecule has 1 fully saturated rings. The Hall–Kier alpha value is -0.510. The molecule has 6 nitrogen and oxygen atoms in total. The van der Waals surface area contributed by atoms with Gasteiger partial charge in [-0.1, -0.05) is 0 Å². The summed E-state index contributed by atoms with van der Waals surface area (Å²) in [7, 11) is 1.46. The van der Waals surface area contributed by atoms with E-state index in [1.807, 2.05) is 0 Å². The highest BCUT2D eigenvalue weighted by Crippen LogP contribution is 2.28. The molecule has 1 saturated heterocycles. The Morgan fingerprint density at radius 2 is 1.95 bits per heavy atom. The summed E-state index contributed by atoms with van der Waals surface area (Å²) in [4.78, 5) is 1.20. The zero-order valence-electron chi connectivity index (χ0n) is 11.8. The molecule has 2 atom stereocenters. The standard InChI is InChI=1S/C12H20N2O4S2/c1-13-6-11-12(4-5-19-11)20(15,16)14-7-9(17-2)10(8-14)18-3/h4-5,9-10,13H,6-8H2,1-3H3. The third kappa shape index (κ3) is 2.90. The predicted octanol–water partition coefficient (Wildman–Crippen LogP) is 0.502. The van der Waals surface area contributed by atoms with Crippen LogP contribution in [0.4, 0.5) is 0 Å². The lowest BCUT2D eigenvalue weighted by molar-refractivity contribution is -0.00461. The Morgan fingerprint density at radius 1 is 1.35 bits per heavy atom. The first-order chi connectivity index (χ1) is 9.54. The number of methoxy groups -OCH3 is 2. The molecule has 8 heteroatoms. The summed E-state index contributed by atoms with van der Waals surface area (Å²) in [6.07, 6.45) is -0.442. The first kappa shape index (κ1) is 15.9. The molecule has 1 aromatic rings. The number of thiophene rings is 1. The number of nitrogens with zero attached hydrogens (tertiary/aromatic N) is 1. The van der Waals surface area contributed by atoms with Gasteiger partial charge in [-0.3, -0.25) is 0 Å². The van der Waals surface area contributed by atoms with E-state index in [9.17, 15) is 8.42 Å². The summed E-state index contributed by atoms with van der Waals surface area (Å²) >= 11 is 1.44. The Balaban J connectivity index is 2.25. The van der Waals surface area contributed by atoms with Crippen LogP contribution < -0.4 is 5.32 Å². The van der Waals surface area contributed by atoms with Crippen LogP contribution in [0.25, 0.3) is 0 Å². The third-order valence-corrected chi connectivity index (χ3v) is 6.41. The van der Waals surface area contributed by atoms with Crippen LogP contribution in [0.1, 0.15) is 4.88 Å². The minimum Gasteiger partial charge on any atom is -0.377 e. The molecule has 1 aliphatic heterocycles. The van der Waals surface area contributed by atoms with Gasteiger partial charge in [-0.15, -0.1) is 11.3 Å². The van der Waals surface area contributed by atoms with Crippen LogP contribution in [-0.2, 0) is 26.0 Å². The van der Waals surface area contributed by atoms with Crippen LogP contribution in [0.3, 0.4) is 0 Å². The summed E-state index contributed by atoms with van der Waals surface area (Å²) in [6, 6.07) is 1.66. The number of hydrogen-bond donors (Lipinski definition) is 1. The fraction of sp³-hybridized carbons (Fsp3) is 0.667. The molecule has 0 bridgehead atoms. The van der Waals surface area contributed by atoms with Crippen molar-refractivity contribution in [2.45, 2.75) is 23.6 Å². The van der Waals surface area contributed by atoms with E-state index >= 15 is 0 Å². The molecule has 1 aliphatic rings.